The first-order valence-electron chi connectivity index (χ1n) is 7.82. The summed E-state index contributed by atoms with van der Waals surface area (Å²) in [6.07, 6.45) is 1.79. The third kappa shape index (κ3) is 2.56. The zero-order chi connectivity index (χ0) is 15.8. The Morgan fingerprint density at radius 1 is 1.17 bits per heavy atom. The third-order valence-corrected chi connectivity index (χ3v) is 4.92. The fourth-order valence-electron chi connectivity index (χ4n) is 3.24. The van der Waals surface area contributed by atoms with Crippen LogP contribution >= 0.6 is 11.6 Å². The minimum absolute atomic E-state index is 0.363. The number of halogens is 1. The molecule has 0 saturated carbocycles. The molecule has 2 aromatic carbocycles. The molecule has 0 fully saturated rings. The lowest BCUT2D eigenvalue weighted by atomic mass is 10.0. The molecule has 0 radical (unpaired) electrons. The number of hydrogen-bond acceptors (Lipinski definition) is 2. The van der Waals surface area contributed by atoms with E-state index in [0.717, 1.165) is 33.8 Å². The largest absolute Gasteiger partial charge is 0.442 e. The van der Waals surface area contributed by atoms with Gasteiger partial charge in [-0.2, -0.15) is 0 Å². The summed E-state index contributed by atoms with van der Waals surface area (Å²) in [6, 6.07) is 16.8. The van der Waals surface area contributed by atoms with Gasteiger partial charge in [-0.3, -0.25) is 9.88 Å². The molecule has 1 aliphatic rings. The number of quaternary nitrogens is 1. The highest BCUT2D eigenvalue weighted by Crippen LogP contribution is 2.34. The number of ether oxygens (including phenoxy) is 1. The van der Waals surface area contributed by atoms with E-state index in [1.807, 2.05) is 24.3 Å². The van der Waals surface area contributed by atoms with E-state index < -0.39 is 0 Å². The summed E-state index contributed by atoms with van der Waals surface area (Å²) in [5.74, 6) is 0.883. The highest BCUT2D eigenvalue weighted by molar-refractivity contribution is 6.35. The van der Waals surface area contributed by atoms with Gasteiger partial charge in [0.15, 0.2) is 5.75 Å². The van der Waals surface area contributed by atoms with Crippen LogP contribution in [0.3, 0.4) is 0 Å². The van der Waals surface area contributed by atoms with Crippen LogP contribution in [-0.4, -0.2) is 11.7 Å². The molecule has 4 heteroatoms. The van der Waals surface area contributed by atoms with Crippen LogP contribution in [-0.2, 0) is 6.54 Å². The average molecular weight is 326 g/mol. The summed E-state index contributed by atoms with van der Waals surface area (Å²) < 4.78 is 6.09. The van der Waals surface area contributed by atoms with Gasteiger partial charge >= 0.3 is 0 Å². The Labute approximate surface area is 140 Å². The van der Waals surface area contributed by atoms with Crippen LogP contribution in [0.15, 0.2) is 54.7 Å². The van der Waals surface area contributed by atoms with Crippen LogP contribution in [0.1, 0.15) is 24.1 Å². The Bertz CT molecular complexity index is 851. The Hall–Kier alpha value is -2.10. The lowest BCUT2D eigenvalue weighted by Gasteiger charge is -2.31. The first kappa shape index (κ1) is 14.5. The molecule has 1 N–H and O–H groups in total. The molecule has 2 atom stereocenters. The van der Waals surface area contributed by atoms with Crippen molar-refractivity contribution in [2.24, 2.45) is 0 Å². The summed E-state index contributed by atoms with van der Waals surface area (Å²) in [5.41, 5.74) is 3.31. The molecule has 1 aliphatic heterocycles. The van der Waals surface area contributed by atoms with Gasteiger partial charge in [-0.25, -0.2) is 0 Å². The predicted octanol–water partition coefficient (Wildman–Crippen LogP) is 3.38. The molecular formula is C19H18ClN2O+. The molecule has 0 aliphatic carbocycles. The van der Waals surface area contributed by atoms with Crippen molar-refractivity contribution in [3.8, 4) is 5.75 Å². The molecule has 3 nitrogen and oxygen atoms in total. The normalized spacial score (nSPS) is 18.3. The molecule has 0 amide bonds. The summed E-state index contributed by atoms with van der Waals surface area (Å²) in [7, 11) is 0. The molecule has 23 heavy (non-hydrogen) atoms. The van der Waals surface area contributed by atoms with E-state index in [0.29, 0.717) is 12.8 Å². The quantitative estimate of drug-likeness (QED) is 0.782. The molecular weight excluding hydrogens is 308 g/mol. The number of pyridine rings is 1. The standard InChI is InChI=1S/C19H17ClN2O/c1-13(14-6-3-2-4-7-14)22-11-15-10-17(20)16-8-5-9-21-18(16)19(15)23-12-22/h2-10,13H,11-12H2,1H3/p+1/t13-/m1/s1. The van der Waals surface area contributed by atoms with Gasteiger partial charge in [0.05, 0.1) is 10.6 Å². The highest BCUT2D eigenvalue weighted by atomic mass is 35.5. The van der Waals surface area contributed by atoms with E-state index in [1.54, 1.807) is 6.20 Å². The second-order valence-corrected chi connectivity index (χ2v) is 6.41. The van der Waals surface area contributed by atoms with Crippen molar-refractivity contribution in [3.63, 3.8) is 0 Å². The number of rotatable bonds is 2. The molecule has 1 aromatic heterocycles. The molecule has 1 unspecified atom stereocenters. The zero-order valence-corrected chi connectivity index (χ0v) is 13.7. The molecule has 4 rings (SSSR count). The molecule has 0 saturated heterocycles. The van der Waals surface area contributed by atoms with Crippen LogP contribution in [0.2, 0.25) is 5.02 Å². The second-order valence-electron chi connectivity index (χ2n) is 6.00. The number of benzene rings is 2. The lowest BCUT2D eigenvalue weighted by Crippen LogP contribution is -3.12. The first-order valence-corrected chi connectivity index (χ1v) is 8.20. The van der Waals surface area contributed by atoms with E-state index in [-0.39, 0.29) is 0 Å². The number of fused-ring (bicyclic) bond motifs is 3. The minimum Gasteiger partial charge on any atom is -0.442 e. The fourth-order valence-corrected chi connectivity index (χ4v) is 3.52. The van der Waals surface area contributed by atoms with Crippen molar-refractivity contribution < 1.29 is 9.64 Å². The van der Waals surface area contributed by atoms with Gasteiger partial charge < -0.3 is 4.74 Å². The van der Waals surface area contributed by atoms with Crippen molar-refractivity contribution in [3.05, 3.63) is 70.9 Å². The van der Waals surface area contributed by atoms with Crippen molar-refractivity contribution in [2.75, 3.05) is 6.73 Å². The van der Waals surface area contributed by atoms with Gasteiger partial charge in [0, 0.05) is 17.1 Å². The van der Waals surface area contributed by atoms with Gasteiger partial charge in [0.1, 0.15) is 18.1 Å². The van der Waals surface area contributed by atoms with E-state index in [2.05, 4.69) is 36.2 Å². The average Bonchev–Trinajstić information content (AvgIpc) is 2.61. The maximum absolute atomic E-state index is 6.43. The smallest absolute Gasteiger partial charge is 0.223 e. The Morgan fingerprint density at radius 2 is 2.00 bits per heavy atom. The lowest BCUT2D eigenvalue weighted by molar-refractivity contribution is -0.960. The van der Waals surface area contributed by atoms with Crippen LogP contribution in [0.4, 0.5) is 0 Å². The van der Waals surface area contributed by atoms with Crippen molar-refractivity contribution in [1.29, 1.82) is 0 Å². The van der Waals surface area contributed by atoms with Gasteiger partial charge in [-0.1, -0.05) is 41.9 Å². The van der Waals surface area contributed by atoms with Crippen LogP contribution in [0.5, 0.6) is 5.75 Å². The van der Waals surface area contributed by atoms with Gasteiger partial charge in [-0.15, -0.1) is 0 Å². The Balaban J connectivity index is 1.70. The van der Waals surface area contributed by atoms with Crippen molar-refractivity contribution >= 4 is 22.5 Å². The summed E-state index contributed by atoms with van der Waals surface area (Å²) in [5, 5.41) is 1.69. The number of nitrogens with zero attached hydrogens (tertiary/aromatic N) is 1. The molecule has 2 heterocycles. The van der Waals surface area contributed by atoms with Gasteiger partial charge in [0.2, 0.25) is 6.73 Å². The summed E-state index contributed by atoms with van der Waals surface area (Å²) >= 11 is 6.43. The van der Waals surface area contributed by atoms with E-state index >= 15 is 0 Å². The van der Waals surface area contributed by atoms with E-state index in [4.69, 9.17) is 16.3 Å². The van der Waals surface area contributed by atoms with Crippen molar-refractivity contribution in [2.45, 2.75) is 19.5 Å². The van der Waals surface area contributed by atoms with E-state index in [1.165, 1.54) is 10.5 Å². The fraction of sp³-hybridized carbons (Fsp3) is 0.211. The monoisotopic (exact) mass is 325 g/mol. The Kier molecular flexibility index (Phi) is 3.68. The highest BCUT2D eigenvalue weighted by Gasteiger charge is 2.28. The number of nitrogens with one attached hydrogen (secondary N) is 1. The molecule has 0 bridgehead atoms. The Morgan fingerprint density at radius 3 is 2.83 bits per heavy atom. The summed E-state index contributed by atoms with van der Waals surface area (Å²) in [6.45, 7) is 3.76. The van der Waals surface area contributed by atoms with Crippen LogP contribution in [0.25, 0.3) is 10.9 Å². The second kappa shape index (κ2) is 5.84. The first-order chi connectivity index (χ1) is 11.2. The molecule has 0 spiro atoms. The van der Waals surface area contributed by atoms with Crippen molar-refractivity contribution in [1.82, 2.24) is 4.98 Å². The third-order valence-electron chi connectivity index (χ3n) is 4.60. The molecule has 3 aromatic rings. The van der Waals surface area contributed by atoms with Gasteiger partial charge in [0.25, 0.3) is 0 Å². The van der Waals surface area contributed by atoms with Gasteiger partial charge in [-0.05, 0) is 25.1 Å². The predicted molar refractivity (Wildman–Crippen MR) is 91.8 cm³/mol. The summed E-state index contributed by atoms with van der Waals surface area (Å²) in [4.78, 5) is 5.84. The topological polar surface area (TPSA) is 26.6 Å². The minimum atomic E-state index is 0.363. The van der Waals surface area contributed by atoms with Crippen LogP contribution in [0, 0.1) is 0 Å². The number of aromatic nitrogens is 1. The zero-order valence-electron chi connectivity index (χ0n) is 12.9. The SMILES string of the molecule is C[C@H](c1ccccc1)[NH+]1COc2c(cc(Cl)c3cccnc23)C1. The van der Waals surface area contributed by atoms with Crippen LogP contribution < -0.4 is 9.64 Å². The number of hydrogen-bond donors (Lipinski definition) is 1. The maximum atomic E-state index is 6.43. The van der Waals surface area contributed by atoms with E-state index in [9.17, 15) is 0 Å². The molecule has 116 valence electrons. The maximum Gasteiger partial charge on any atom is 0.223 e.